The Morgan fingerprint density at radius 2 is 2.08 bits per heavy atom. The highest BCUT2D eigenvalue weighted by Gasteiger charge is 2.29. The molecule has 130 valence electrons. The first-order valence-corrected chi connectivity index (χ1v) is 8.22. The van der Waals surface area contributed by atoms with Gasteiger partial charge < -0.3 is 22.9 Å². The van der Waals surface area contributed by atoms with Crippen molar-refractivity contribution >= 4 is 5.91 Å². The minimum absolute atomic E-state index is 0.0258. The maximum atomic E-state index is 13.1. The van der Waals surface area contributed by atoms with Gasteiger partial charge in [0.05, 0.1) is 25.2 Å². The molecule has 3 aromatic rings. The summed E-state index contributed by atoms with van der Waals surface area (Å²) < 4.78 is 21.8. The number of amides is 1. The van der Waals surface area contributed by atoms with Gasteiger partial charge in [-0.15, -0.1) is 0 Å². The van der Waals surface area contributed by atoms with E-state index in [1.807, 2.05) is 6.07 Å². The van der Waals surface area contributed by atoms with Crippen LogP contribution in [0.15, 0.2) is 56.4 Å². The lowest BCUT2D eigenvalue weighted by molar-refractivity contribution is 0.0487. The van der Waals surface area contributed by atoms with E-state index in [1.54, 1.807) is 29.4 Å². The molecule has 0 unspecified atom stereocenters. The van der Waals surface area contributed by atoms with Crippen molar-refractivity contribution in [3.63, 3.8) is 0 Å². The summed E-state index contributed by atoms with van der Waals surface area (Å²) in [6.07, 6.45) is 6.34. The number of rotatable bonds is 6. The average Bonchev–Trinajstić information content (AvgIpc) is 3.41. The fourth-order valence-electron chi connectivity index (χ4n) is 2.97. The van der Waals surface area contributed by atoms with Gasteiger partial charge in [0.1, 0.15) is 5.76 Å². The van der Waals surface area contributed by atoms with E-state index in [-0.39, 0.29) is 17.7 Å². The standard InChI is InChI=1S/C18H18N2O5/c21-18(16-17(25-12-19-16)15-6-3-9-24-15)20(10-13-4-1-7-22-13)11-14-5-2-8-23-14/h1,3-4,6-7,9,12,14H,2,5,8,10-11H2/t14-/m1/s1. The highest BCUT2D eigenvalue weighted by Crippen LogP contribution is 2.26. The third-order valence-electron chi connectivity index (χ3n) is 4.18. The quantitative estimate of drug-likeness (QED) is 0.683. The van der Waals surface area contributed by atoms with E-state index >= 15 is 0 Å². The van der Waals surface area contributed by atoms with Crippen LogP contribution in [0.5, 0.6) is 0 Å². The summed E-state index contributed by atoms with van der Waals surface area (Å²) >= 11 is 0. The first-order chi connectivity index (χ1) is 12.3. The SMILES string of the molecule is O=C(c1ncoc1-c1ccco1)N(Cc1ccco1)C[C@H]1CCCO1. The number of ether oxygens (including phenoxy) is 1. The Hall–Kier alpha value is -2.80. The van der Waals surface area contributed by atoms with Gasteiger partial charge in [0.2, 0.25) is 5.76 Å². The summed E-state index contributed by atoms with van der Waals surface area (Å²) in [5, 5.41) is 0. The van der Waals surface area contributed by atoms with Gasteiger partial charge in [-0.3, -0.25) is 4.79 Å². The van der Waals surface area contributed by atoms with Crippen molar-refractivity contribution < 1.29 is 22.8 Å². The van der Waals surface area contributed by atoms with Crippen LogP contribution in [0.25, 0.3) is 11.5 Å². The van der Waals surface area contributed by atoms with Crippen molar-refractivity contribution in [3.05, 3.63) is 54.6 Å². The third kappa shape index (κ3) is 3.36. The van der Waals surface area contributed by atoms with Gasteiger partial charge in [0.25, 0.3) is 5.91 Å². The van der Waals surface area contributed by atoms with Crippen molar-refractivity contribution in [1.82, 2.24) is 9.88 Å². The number of oxazole rings is 1. The van der Waals surface area contributed by atoms with Gasteiger partial charge in [-0.2, -0.15) is 0 Å². The maximum Gasteiger partial charge on any atom is 0.277 e. The van der Waals surface area contributed by atoms with Crippen molar-refractivity contribution in [2.75, 3.05) is 13.2 Å². The highest BCUT2D eigenvalue weighted by atomic mass is 16.5. The molecule has 0 radical (unpaired) electrons. The van der Waals surface area contributed by atoms with Crippen LogP contribution in [-0.4, -0.2) is 35.0 Å². The lowest BCUT2D eigenvalue weighted by atomic mass is 10.2. The number of carbonyl (C=O) groups excluding carboxylic acids is 1. The molecule has 4 heterocycles. The smallest absolute Gasteiger partial charge is 0.277 e. The van der Waals surface area contributed by atoms with E-state index in [9.17, 15) is 4.79 Å². The van der Waals surface area contributed by atoms with Crippen LogP contribution in [-0.2, 0) is 11.3 Å². The molecular weight excluding hydrogens is 324 g/mol. The Morgan fingerprint density at radius 1 is 1.20 bits per heavy atom. The Balaban J connectivity index is 1.59. The van der Waals surface area contributed by atoms with Gasteiger partial charge >= 0.3 is 0 Å². The van der Waals surface area contributed by atoms with Crippen LogP contribution < -0.4 is 0 Å². The van der Waals surface area contributed by atoms with Crippen molar-refractivity contribution in [2.45, 2.75) is 25.5 Å². The summed E-state index contributed by atoms with van der Waals surface area (Å²) in [5.74, 6) is 1.25. The zero-order valence-corrected chi connectivity index (χ0v) is 13.6. The van der Waals surface area contributed by atoms with E-state index in [1.165, 1.54) is 12.7 Å². The minimum Gasteiger partial charge on any atom is -0.467 e. The second kappa shape index (κ2) is 6.98. The summed E-state index contributed by atoms with van der Waals surface area (Å²) in [6.45, 7) is 1.55. The Bertz CT molecular complexity index is 801. The van der Waals surface area contributed by atoms with E-state index in [2.05, 4.69) is 4.98 Å². The summed E-state index contributed by atoms with van der Waals surface area (Å²) in [7, 11) is 0. The topological polar surface area (TPSA) is 81.9 Å². The van der Waals surface area contributed by atoms with Gasteiger partial charge in [-0.1, -0.05) is 0 Å². The summed E-state index contributed by atoms with van der Waals surface area (Å²) in [6, 6.07) is 7.10. The normalized spacial score (nSPS) is 17.0. The van der Waals surface area contributed by atoms with E-state index in [0.717, 1.165) is 19.4 Å². The number of nitrogens with zero attached hydrogens (tertiary/aromatic N) is 2. The molecule has 0 saturated carbocycles. The number of carbonyl (C=O) groups is 1. The first-order valence-electron chi connectivity index (χ1n) is 8.22. The number of furan rings is 2. The van der Waals surface area contributed by atoms with Crippen LogP contribution in [0.2, 0.25) is 0 Å². The summed E-state index contributed by atoms with van der Waals surface area (Å²) in [4.78, 5) is 18.9. The molecule has 0 aliphatic carbocycles. The van der Waals surface area contributed by atoms with E-state index in [0.29, 0.717) is 30.4 Å². The molecule has 7 heteroatoms. The van der Waals surface area contributed by atoms with Crippen LogP contribution in [0.1, 0.15) is 29.1 Å². The number of aromatic nitrogens is 1. The molecule has 25 heavy (non-hydrogen) atoms. The molecule has 1 aliphatic rings. The van der Waals surface area contributed by atoms with Gasteiger partial charge in [0, 0.05) is 13.2 Å². The zero-order chi connectivity index (χ0) is 17.1. The van der Waals surface area contributed by atoms with Crippen molar-refractivity contribution in [2.24, 2.45) is 0 Å². The molecule has 3 aromatic heterocycles. The van der Waals surface area contributed by atoms with Gasteiger partial charge in [0.15, 0.2) is 17.8 Å². The predicted molar refractivity (Wildman–Crippen MR) is 86.6 cm³/mol. The minimum atomic E-state index is -0.243. The molecule has 1 atom stereocenters. The molecule has 4 rings (SSSR count). The molecule has 1 saturated heterocycles. The predicted octanol–water partition coefficient (Wildman–Crippen LogP) is 3.35. The lowest BCUT2D eigenvalue weighted by Gasteiger charge is -2.24. The fourth-order valence-corrected chi connectivity index (χ4v) is 2.97. The maximum absolute atomic E-state index is 13.1. The molecule has 7 nitrogen and oxygen atoms in total. The Labute approximate surface area is 144 Å². The van der Waals surface area contributed by atoms with Crippen LogP contribution >= 0.6 is 0 Å². The highest BCUT2D eigenvalue weighted by molar-refractivity contribution is 5.97. The average molecular weight is 342 g/mol. The van der Waals surface area contributed by atoms with E-state index < -0.39 is 0 Å². The Kier molecular flexibility index (Phi) is 4.39. The molecule has 0 aromatic carbocycles. The van der Waals surface area contributed by atoms with Crippen LogP contribution in [0.4, 0.5) is 0 Å². The molecule has 0 N–H and O–H groups in total. The monoisotopic (exact) mass is 342 g/mol. The van der Waals surface area contributed by atoms with E-state index in [4.69, 9.17) is 18.0 Å². The first kappa shape index (κ1) is 15.7. The second-order valence-corrected chi connectivity index (χ2v) is 5.91. The van der Waals surface area contributed by atoms with Crippen LogP contribution in [0, 0.1) is 0 Å². The molecular formula is C18H18N2O5. The molecule has 1 fully saturated rings. The van der Waals surface area contributed by atoms with Crippen LogP contribution in [0.3, 0.4) is 0 Å². The molecule has 1 aliphatic heterocycles. The third-order valence-corrected chi connectivity index (χ3v) is 4.18. The van der Waals surface area contributed by atoms with Crippen molar-refractivity contribution in [3.8, 4) is 11.5 Å². The number of hydrogen-bond donors (Lipinski definition) is 0. The Morgan fingerprint density at radius 3 is 2.80 bits per heavy atom. The number of hydrogen-bond acceptors (Lipinski definition) is 6. The summed E-state index contributed by atoms with van der Waals surface area (Å²) in [5.41, 5.74) is 0.222. The largest absolute Gasteiger partial charge is 0.467 e. The van der Waals surface area contributed by atoms with Crippen molar-refractivity contribution in [1.29, 1.82) is 0 Å². The lowest BCUT2D eigenvalue weighted by Crippen LogP contribution is -2.37. The van der Waals surface area contributed by atoms with Gasteiger partial charge in [-0.25, -0.2) is 4.98 Å². The molecule has 1 amide bonds. The molecule has 0 spiro atoms. The second-order valence-electron chi connectivity index (χ2n) is 5.91. The molecule has 0 bridgehead atoms. The fraction of sp³-hybridized carbons (Fsp3) is 0.333. The van der Waals surface area contributed by atoms with Gasteiger partial charge in [-0.05, 0) is 37.1 Å². The zero-order valence-electron chi connectivity index (χ0n) is 13.6.